The van der Waals surface area contributed by atoms with Crippen molar-refractivity contribution in [2.75, 3.05) is 0 Å². The summed E-state index contributed by atoms with van der Waals surface area (Å²) in [6.07, 6.45) is 8.67. The molecule has 1 heterocycles. The number of piperidine rings is 1. The highest BCUT2D eigenvalue weighted by Gasteiger charge is 2.57. The first-order valence-corrected chi connectivity index (χ1v) is 7.68. The van der Waals surface area contributed by atoms with Crippen LogP contribution in [0.1, 0.15) is 51.9 Å². The molecule has 0 aromatic heterocycles. The molecule has 4 atom stereocenters. The fraction of sp³-hybridized carbons (Fsp3) is 0.933. The Balaban J connectivity index is 1.54. The molecule has 1 aliphatic heterocycles. The monoisotopic (exact) mass is 248 g/mol. The van der Waals surface area contributed by atoms with Crippen molar-refractivity contribution >= 4 is 5.91 Å². The number of hydrogen-bond acceptors (Lipinski definition) is 2. The van der Waals surface area contributed by atoms with E-state index < -0.39 is 0 Å². The van der Waals surface area contributed by atoms with Gasteiger partial charge >= 0.3 is 0 Å². The van der Waals surface area contributed by atoms with Gasteiger partial charge in [-0.05, 0) is 69.1 Å². The van der Waals surface area contributed by atoms with Gasteiger partial charge in [0.2, 0.25) is 5.91 Å². The van der Waals surface area contributed by atoms with Crippen LogP contribution in [0.5, 0.6) is 0 Å². The first-order valence-electron chi connectivity index (χ1n) is 7.68. The number of hydrogen-bond donors (Lipinski definition) is 1. The molecule has 3 aliphatic carbocycles. The molecule has 4 aliphatic rings. The van der Waals surface area contributed by atoms with E-state index in [9.17, 15) is 4.79 Å². The predicted molar refractivity (Wildman–Crippen MR) is 69.8 cm³/mol. The van der Waals surface area contributed by atoms with Gasteiger partial charge in [-0.15, -0.1) is 0 Å². The maximum absolute atomic E-state index is 12.8. The summed E-state index contributed by atoms with van der Waals surface area (Å²) >= 11 is 0. The molecule has 2 bridgehead atoms. The van der Waals surface area contributed by atoms with E-state index in [1.54, 1.807) is 0 Å². The first kappa shape index (κ1) is 11.3. The second kappa shape index (κ2) is 3.50. The quantitative estimate of drug-likeness (QED) is 0.811. The summed E-state index contributed by atoms with van der Waals surface area (Å²) in [7, 11) is 0. The highest BCUT2D eigenvalue weighted by molar-refractivity contribution is 5.84. The number of rotatable bonds is 2. The van der Waals surface area contributed by atoms with Gasteiger partial charge in [-0.25, -0.2) is 0 Å². The normalized spacial score (nSPS) is 50.4. The van der Waals surface area contributed by atoms with Gasteiger partial charge in [0, 0.05) is 12.1 Å². The van der Waals surface area contributed by atoms with Gasteiger partial charge in [0.1, 0.15) is 0 Å². The number of nitrogens with zero attached hydrogens (tertiary/aromatic N) is 1. The van der Waals surface area contributed by atoms with Crippen molar-refractivity contribution in [3.63, 3.8) is 0 Å². The fourth-order valence-electron chi connectivity index (χ4n) is 5.18. The smallest absolute Gasteiger partial charge is 0.240 e. The summed E-state index contributed by atoms with van der Waals surface area (Å²) in [4.78, 5) is 14.9. The molecule has 2 N–H and O–H groups in total. The Morgan fingerprint density at radius 2 is 2.06 bits per heavy atom. The largest absolute Gasteiger partial charge is 0.335 e. The minimum absolute atomic E-state index is 0.175. The zero-order chi connectivity index (χ0) is 12.5. The summed E-state index contributed by atoms with van der Waals surface area (Å²) in [5.41, 5.74) is 6.60. The molecule has 4 fully saturated rings. The van der Waals surface area contributed by atoms with E-state index in [-0.39, 0.29) is 17.4 Å². The molecule has 3 saturated carbocycles. The van der Waals surface area contributed by atoms with E-state index in [0.29, 0.717) is 12.1 Å². The van der Waals surface area contributed by atoms with Crippen molar-refractivity contribution < 1.29 is 4.79 Å². The van der Waals surface area contributed by atoms with Crippen LogP contribution in [0.3, 0.4) is 0 Å². The highest BCUT2D eigenvalue weighted by atomic mass is 16.2. The predicted octanol–water partition coefficient (Wildman–Crippen LogP) is 1.90. The van der Waals surface area contributed by atoms with E-state index in [0.717, 1.165) is 11.8 Å². The van der Waals surface area contributed by atoms with E-state index in [1.165, 1.54) is 44.9 Å². The third-order valence-electron chi connectivity index (χ3n) is 6.34. The molecule has 100 valence electrons. The van der Waals surface area contributed by atoms with Gasteiger partial charge < -0.3 is 10.6 Å². The van der Waals surface area contributed by atoms with Crippen LogP contribution >= 0.6 is 0 Å². The SMILES string of the molecule is CC1CC2C[C@@H]2N1C(=O)[C@@H](N)C12CCC(CC1)C2. The van der Waals surface area contributed by atoms with Crippen molar-refractivity contribution in [1.29, 1.82) is 0 Å². The Morgan fingerprint density at radius 3 is 2.56 bits per heavy atom. The van der Waals surface area contributed by atoms with E-state index in [1.807, 2.05) is 0 Å². The minimum atomic E-state index is -0.216. The second-order valence-corrected chi connectivity index (χ2v) is 7.38. The van der Waals surface area contributed by atoms with Gasteiger partial charge in [-0.2, -0.15) is 0 Å². The number of nitrogens with two attached hydrogens (primary N) is 1. The lowest BCUT2D eigenvalue weighted by molar-refractivity contribution is -0.137. The number of carbonyl (C=O) groups excluding carboxylic acids is 1. The van der Waals surface area contributed by atoms with Crippen LogP contribution in [-0.2, 0) is 4.79 Å². The first-order chi connectivity index (χ1) is 8.61. The van der Waals surface area contributed by atoms with Gasteiger partial charge in [-0.1, -0.05) is 0 Å². The van der Waals surface area contributed by atoms with E-state index >= 15 is 0 Å². The average Bonchev–Trinajstić information content (AvgIpc) is 2.80. The second-order valence-electron chi connectivity index (χ2n) is 7.38. The highest BCUT2D eigenvalue weighted by Crippen LogP contribution is 2.56. The maximum Gasteiger partial charge on any atom is 0.240 e. The van der Waals surface area contributed by atoms with Crippen molar-refractivity contribution in [1.82, 2.24) is 4.90 Å². The zero-order valence-electron chi connectivity index (χ0n) is 11.3. The molecule has 0 aromatic carbocycles. The topological polar surface area (TPSA) is 46.3 Å². The zero-order valence-corrected chi connectivity index (χ0v) is 11.3. The van der Waals surface area contributed by atoms with Gasteiger partial charge in [0.15, 0.2) is 0 Å². The Bertz CT molecular complexity index is 384. The van der Waals surface area contributed by atoms with E-state index in [4.69, 9.17) is 5.73 Å². The van der Waals surface area contributed by atoms with Crippen molar-refractivity contribution in [2.45, 2.75) is 70.0 Å². The lowest BCUT2D eigenvalue weighted by Crippen LogP contribution is -2.53. The summed E-state index contributed by atoms with van der Waals surface area (Å²) in [5.74, 6) is 1.94. The van der Waals surface area contributed by atoms with Gasteiger partial charge in [0.25, 0.3) is 0 Å². The molecular weight excluding hydrogens is 224 g/mol. The summed E-state index contributed by atoms with van der Waals surface area (Å²) in [5, 5.41) is 0. The van der Waals surface area contributed by atoms with Gasteiger partial charge in [-0.3, -0.25) is 4.79 Å². The number of amides is 1. The lowest BCUT2D eigenvalue weighted by atomic mass is 9.77. The number of carbonyl (C=O) groups is 1. The number of likely N-dealkylation sites (tertiary alicyclic amines) is 1. The summed E-state index contributed by atoms with van der Waals surface area (Å²) in [6.45, 7) is 2.19. The molecule has 0 aromatic rings. The Hall–Kier alpha value is -0.570. The van der Waals surface area contributed by atoms with Crippen LogP contribution in [0.4, 0.5) is 0 Å². The van der Waals surface area contributed by atoms with Crippen LogP contribution in [0, 0.1) is 17.3 Å². The van der Waals surface area contributed by atoms with Crippen LogP contribution < -0.4 is 5.73 Å². The van der Waals surface area contributed by atoms with Crippen molar-refractivity contribution in [2.24, 2.45) is 23.0 Å². The molecule has 1 amide bonds. The van der Waals surface area contributed by atoms with Crippen LogP contribution in [-0.4, -0.2) is 28.9 Å². The molecule has 1 saturated heterocycles. The van der Waals surface area contributed by atoms with Crippen molar-refractivity contribution in [3.8, 4) is 0 Å². The molecular formula is C15H24N2O. The fourth-order valence-corrected chi connectivity index (χ4v) is 5.18. The third kappa shape index (κ3) is 1.37. The summed E-state index contributed by atoms with van der Waals surface area (Å²) < 4.78 is 0. The lowest BCUT2D eigenvalue weighted by Gasteiger charge is -2.36. The molecule has 3 heteroatoms. The molecule has 0 spiro atoms. The standard InChI is InChI=1S/C15H24N2O/c1-9-6-11-7-12(11)17(9)14(18)13(16)15-4-2-10(8-15)3-5-15/h9-13H,2-8,16H2,1H3/t9?,10?,11?,12-,13+,15?/m0/s1. The Kier molecular flexibility index (Phi) is 2.19. The number of fused-ring (bicyclic) bond motifs is 3. The third-order valence-corrected chi connectivity index (χ3v) is 6.34. The molecule has 4 rings (SSSR count). The molecule has 18 heavy (non-hydrogen) atoms. The Morgan fingerprint density at radius 1 is 1.33 bits per heavy atom. The van der Waals surface area contributed by atoms with E-state index in [2.05, 4.69) is 11.8 Å². The molecule has 2 unspecified atom stereocenters. The summed E-state index contributed by atoms with van der Waals surface area (Å²) in [6, 6.07) is 0.766. The van der Waals surface area contributed by atoms with Crippen molar-refractivity contribution in [3.05, 3.63) is 0 Å². The van der Waals surface area contributed by atoms with Crippen LogP contribution in [0.15, 0.2) is 0 Å². The van der Waals surface area contributed by atoms with Gasteiger partial charge in [0.05, 0.1) is 6.04 Å². The van der Waals surface area contributed by atoms with Crippen LogP contribution in [0.2, 0.25) is 0 Å². The Labute approximate surface area is 109 Å². The molecule has 3 nitrogen and oxygen atoms in total. The molecule has 0 radical (unpaired) electrons. The van der Waals surface area contributed by atoms with Crippen LogP contribution in [0.25, 0.3) is 0 Å². The minimum Gasteiger partial charge on any atom is -0.335 e. The maximum atomic E-state index is 12.8. The average molecular weight is 248 g/mol.